The molecule has 0 saturated heterocycles. The highest BCUT2D eigenvalue weighted by atomic mass is 32.1. The van der Waals surface area contributed by atoms with Crippen LogP contribution in [-0.4, -0.2) is 15.3 Å². The molecule has 0 atom stereocenters. The van der Waals surface area contributed by atoms with Crippen molar-refractivity contribution in [2.75, 3.05) is 0 Å². The maximum Gasteiger partial charge on any atom is 0.267 e. The van der Waals surface area contributed by atoms with Crippen molar-refractivity contribution >= 4 is 28.2 Å². The van der Waals surface area contributed by atoms with E-state index in [1.807, 2.05) is 5.38 Å². The lowest BCUT2D eigenvalue weighted by molar-refractivity contribution is 0.101. The third-order valence-electron chi connectivity index (χ3n) is 3.25. The highest BCUT2D eigenvalue weighted by Gasteiger charge is 2.16. The molecule has 3 aromatic heterocycles. The summed E-state index contributed by atoms with van der Waals surface area (Å²) in [5, 5.41) is 4.03. The molecule has 0 aliphatic heterocycles. The lowest BCUT2D eigenvalue weighted by Crippen LogP contribution is -2.25. The summed E-state index contributed by atoms with van der Waals surface area (Å²) in [6.45, 7) is 2.86. The number of aromatic nitrogens is 2. The van der Waals surface area contributed by atoms with Gasteiger partial charge in [-0.2, -0.15) is 11.3 Å². The number of carbonyl (C=O) groups excluding carboxylic acids is 1. The van der Waals surface area contributed by atoms with E-state index in [0.29, 0.717) is 16.7 Å². The highest BCUT2D eigenvalue weighted by Crippen LogP contribution is 2.20. The monoisotopic (exact) mass is 302 g/mol. The zero-order valence-electron chi connectivity index (χ0n) is 11.4. The first-order valence-electron chi connectivity index (χ1n) is 6.25. The molecule has 3 rings (SSSR count). The minimum Gasteiger partial charge on any atom is -0.294 e. The van der Waals surface area contributed by atoms with Crippen molar-refractivity contribution in [3.63, 3.8) is 0 Å². The molecule has 0 fully saturated rings. The van der Waals surface area contributed by atoms with E-state index in [1.54, 1.807) is 11.4 Å². The molecule has 3 aromatic rings. The number of pyridine rings is 2. The van der Waals surface area contributed by atoms with E-state index in [1.165, 1.54) is 41.9 Å². The van der Waals surface area contributed by atoms with Gasteiger partial charge in [-0.3, -0.25) is 14.2 Å². The number of aryl methyl sites for hydroxylation is 1. The maximum absolute atomic E-state index is 13.7. The minimum absolute atomic E-state index is 0.0266. The molecule has 6 heteroatoms. The summed E-state index contributed by atoms with van der Waals surface area (Å²) >= 11 is 1.43. The molecule has 0 spiro atoms. The van der Waals surface area contributed by atoms with Crippen molar-refractivity contribution in [1.29, 1.82) is 0 Å². The number of hydrogen-bond acceptors (Lipinski definition) is 4. The number of ketones is 1. The number of rotatable bonds is 2. The molecule has 0 N–H and O–H groups in total. The van der Waals surface area contributed by atoms with E-state index in [0.717, 1.165) is 0 Å². The van der Waals surface area contributed by atoms with Gasteiger partial charge >= 0.3 is 0 Å². The van der Waals surface area contributed by atoms with Gasteiger partial charge in [-0.1, -0.05) is 0 Å². The first kappa shape index (κ1) is 13.6. The minimum atomic E-state index is -0.465. The first-order chi connectivity index (χ1) is 9.99. The summed E-state index contributed by atoms with van der Waals surface area (Å²) in [7, 11) is 0. The van der Waals surface area contributed by atoms with Gasteiger partial charge < -0.3 is 0 Å². The quantitative estimate of drug-likeness (QED) is 0.684. The Balaban J connectivity index is 2.52. The first-order valence-corrected chi connectivity index (χ1v) is 7.19. The number of thiophene rings is 1. The number of hydrogen-bond donors (Lipinski definition) is 0. The summed E-state index contributed by atoms with van der Waals surface area (Å²) < 4.78 is 15.1. The molecule has 3 heterocycles. The van der Waals surface area contributed by atoms with Crippen LogP contribution in [0.2, 0.25) is 0 Å². The molecule has 0 aliphatic carbocycles. The fraction of sp³-hybridized carbons (Fsp3) is 0.133. The van der Waals surface area contributed by atoms with Gasteiger partial charge in [-0.05, 0) is 37.4 Å². The summed E-state index contributed by atoms with van der Waals surface area (Å²) in [5.74, 6) is -0.820. The molecule has 0 aromatic carbocycles. The molecule has 106 valence electrons. The summed E-state index contributed by atoms with van der Waals surface area (Å²) in [5.41, 5.74) is 0.769. The van der Waals surface area contributed by atoms with Gasteiger partial charge in [-0.15, -0.1) is 0 Å². The molecule has 0 unspecified atom stereocenters. The number of nitrogens with zero attached hydrogens (tertiary/aromatic N) is 2. The van der Waals surface area contributed by atoms with Gasteiger partial charge in [0.1, 0.15) is 11.5 Å². The van der Waals surface area contributed by atoms with E-state index < -0.39 is 11.4 Å². The smallest absolute Gasteiger partial charge is 0.267 e. The second-order valence-electron chi connectivity index (χ2n) is 4.70. The molecule has 0 bridgehead atoms. The fourth-order valence-corrected chi connectivity index (χ4v) is 2.80. The zero-order valence-corrected chi connectivity index (χ0v) is 12.2. The Morgan fingerprint density at radius 3 is 2.76 bits per heavy atom. The van der Waals surface area contributed by atoms with E-state index in [4.69, 9.17) is 0 Å². The van der Waals surface area contributed by atoms with E-state index in [9.17, 15) is 14.0 Å². The van der Waals surface area contributed by atoms with Crippen molar-refractivity contribution in [3.8, 4) is 5.69 Å². The van der Waals surface area contributed by atoms with Crippen molar-refractivity contribution in [1.82, 2.24) is 9.55 Å². The lowest BCUT2D eigenvalue weighted by atomic mass is 10.1. The van der Waals surface area contributed by atoms with Crippen molar-refractivity contribution < 1.29 is 9.18 Å². The molecular weight excluding hydrogens is 291 g/mol. The summed E-state index contributed by atoms with van der Waals surface area (Å²) in [6.07, 6.45) is 0. The Bertz CT molecular complexity index is 914. The van der Waals surface area contributed by atoms with Gasteiger partial charge in [0.05, 0.1) is 16.9 Å². The standard InChI is InChI=1S/C15H11FN2O2S/c1-8-13(16)6-10-5-12(9(2)19)15(20)18(14(10)17-8)11-3-4-21-7-11/h3-7H,1-2H3. The molecule has 0 aliphatic rings. The molecule has 4 nitrogen and oxygen atoms in total. The van der Waals surface area contributed by atoms with Crippen LogP contribution in [0.15, 0.2) is 33.8 Å². The SMILES string of the molecule is CC(=O)c1cc2cc(F)c(C)nc2n(-c2ccsc2)c1=O. The summed E-state index contributed by atoms with van der Waals surface area (Å²) in [6, 6.07) is 4.46. The Morgan fingerprint density at radius 1 is 1.38 bits per heavy atom. The van der Waals surface area contributed by atoms with Gasteiger partial charge in [0.2, 0.25) is 0 Å². The van der Waals surface area contributed by atoms with Gasteiger partial charge in [-0.25, -0.2) is 9.37 Å². The van der Waals surface area contributed by atoms with Crippen LogP contribution in [-0.2, 0) is 0 Å². The average molecular weight is 302 g/mol. The second-order valence-corrected chi connectivity index (χ2v) is 5.48. The van der Waals surface area contributed by atoms with Crippen LogP contribution in [0.3, 0.4) is 0 Å². The molecule has 0 saturated carbocycles. The van der Waals surface area contributed by atoms with E-state index >= 15 is 0 Å². The predicted molar refractivity (Wildman–Crippen MR) is 79.9 cm³/mol. The number of fused-ring (bicyclic) bond motifs is 1. The number of carbonyl (C=O) groups is 1. The predicted octanol–water partition coefficient (Wildman–Crippen LogP) is 3.10. The van der Waals surface area contributed by atoms with Gasteiger partial charge in [0.25, 0.3) is 5.56 Å². The van der Waals surface area contributed by atoms with Crippen LogP contribution < -0.4 is 5.56 Å². The Hall–Kier alpha value is -2.34. The number of Topliss-reactive ketones (excluding diaryl/α,β-unsaturated/α-hetero) is 1. The Morgan fingerprint density at radius 2 is 2.14 bits per heavy atom. The van der Waals surface area contributed by atoms with Crippen LogP contribution in [0.25, 0.3) is 16.7 Å². The molecule has 21 heavy (non-hydrogen) atoms. The van der Waals surface area contributed by atoms with Gasteiger partial charge in [0, 0.05) is 10.8 Å². The van der Waals surface area contributed by atoms with Crippen LogP contribution in [0.1, 0.15) is 23.0 Å². The zero-order chi connectivity index (χ0) is 15.1. The largest absolute Gasteiger partial charge is 0.294 e. The van der Waals surface area contributed by atoms with E-state index in [-0.39, 0.29) is 17.0 Å². The average Bonchev–Trinajstić information content (AvgIpc) is 2.93. The van der Waals surface area contributed by atoms with Crippen LogP contribution in [0.5, 0.6) is 0 Å². The second kappa shape index (κ2) is 4.89. The van der Waals surface area contributed by atoms with Crippen LogP contribution >= 0.6 is 11.3 Å². The number of halogens is 1. The molecular formula is C15H11FN2O2S. The van der Waals surface area contributed by atoms with Crippen LogP contribution in [0.4, 0.5) is 4.39 Å². The molecule has 0 radical (unpaired) electrons. The maximum atomic E-state index is 13.7. The Labute approximate surface area is 123 Å². The van der Waals surface area contributed by atoms with E-state index in [2.05, 4.69) is 4.98 Å². The lowest BCUT2D eigenvalue weighted by Gasteiger charge is -2.10. The third kappa shape index (κ3) is 2.17. The third-order valence-corrected chi connectivity index (χ3v) is 3.92. The normalized spacial score (nSPS) is 11.0. The molecule has 0 amide bonds. The summed E-state index contributed by atoms with van der Waals surface area (Å²) in [4.78, 5) is 28.4. The topological polar surface area (TPSA) is 52.0 Å². The van der Waals surface area contributed by atoms with Crippen molar-refractivity contribution in [3.05, 3.63) is 56.4 Å². The van der Waals surface area contributed by atoms with Crippen LogP contribution in [0, 0.1) is 12.7 Å². The van der Waals surface area contributed by atoms with Crippen molar-refractivity contribution in [2.24, 2.45) is 0 Å². The van der Waals surface area contributed by atoms with Gasteiger partial charge in [0.15, 0.2) is 5.78 Å². The van der Waals surface area contributed by atoms with Crippen molar-refractivity contribution in [2.45, 2.75) is 13.8 Å². The highest BCUT2D eigenvalue weighted by molar-refractivity contribution is 7.08. The Kier molecular flexibility index (Phi) is 3.17. The fourth-order valence-electron chi connectivity index (χ4n) is 2.18.